The molecule has 0 aliphatic rings. The Morgan fingerprint density at radius 1 is 0.410 bits per heavy atom. The van der Waals surface area contributed by atoms with E-state index in [1.165, 1.54) is 128 Å². The van der Waals surface area contributed by atoms with Gasteiger partial charge in [0.25, 0.3) is 0 Å². The first kappa shape index (κ1) is 74.7. The number of allylic oxidation sites excluding steroid dienone is 18. The molecule has 0 aliphatic carbocycles. The fourth-order valence-electron chi connectivity index (χ4n) is 8.44. The van der Waals surface area contributed by atoms with Crippen LogP contribution < -0.4 is 0 Å². The van der Waals surface area contributed by atoms with Crippen molar-refractivity contribution in [1.82, 2.24) is 0 Å². The first-order valence-electron chi connectivity index (χ1n) is 31.6. The quantitative estimate of drug-likeness (QED) is 0.0211. The molecule has 0 heterocycles. The van der Waals surface area contributed by atoms with Gasteiger partial charge in [-0.1, -0.05) is 252 Å². The summed E-state index contributed by atoms with van der Waals surface area (Å²) < 4.78 is 34.6. The van der Waals surface area contributed by atoms with Crippen LogP contribution in [0.2, 0.25) is 0 Å². The molecule has 0 aromatic rings. The van der Waals surface area contributed by atoms with Crippen molar-refractivity contribution >= 4 is 19.8 Å². The molecule has 0 aromatic heterocycles. The summed E-state index contributed by atoms with van der Waals surface area (Å²) >= 11 is 0. The Morgan fingerprint density at radius 2 is 0.731 bits per heavy atom. The van der Waals surface area contributed by atoms with E-state index in [4.69, 9.17) is 18.5 Å². The van der Waals surface area contributed by atoms with Crippen molar-refractivity contribution in [3.8, 4) is 0 Å². The number of carbonyl (C=O) groups excluding carboxylic acids is 2. The highest BCUT2D eigenvalue weighted by atomic mass is 31.2. The van der Waals surface area contributed by atoms with Crippen LogP contribution in [0, 0.1) is 0 Å². The number of unbranched alkanes of at least 4 members (excludes halogenated alkanes) is 25. The molecule has 0 rings (SSSR count). The van der Waals surface area contributed by atoms with Gasteiger partial charge in [0, 0.05) is 12.8 Å². The Balaban J connectivity index is 4.16. The molecule has 0 bridgehead atoms. The molecule has 2 atom stereocenters. The molecule has 78 heavy (non-hydrogen) atoms. The van der Waals surface area contributed by atoms with Gasteiger partial charge in [-0.05, 0) is 103 Å². The molecule has 0 amide bonds. The average Bonchev–Trinajstić information content (AvgIpc) is 3.40. The van der Waals surface area contributed by atoms with E-state index in [1.54, 1.807) is 0 Å². The summed E-state index contributed by atoms with van der Waals surface area (Å²) in [6.07, 6.45) is 81.6. The van der Waals surface area contributed by atoms with Gasteiger partial charge in [0.2, 0.25) is 0 Å². The number of esters is 2. The monoisotopic (exact) mass is 1110 g/mol. The molecule has 0 fully saturated rings. The van der Waals surface area contributed by atoms with Crippen molar-refractivity contribution in [2.75, 3.05) is 47.5 Å². The Hall–Kier alpha value is -3.33. The van der Waals surface area contributed by atoms with Crippen LogP contribution >= 0.6 is 7.82 Å². The Kier molecular flexibility index (Phi) is 55.8. The number of nitrogens with zero attached hydrogens (tertiary/aromatic N) is 1. The van der Waals surface area contributed by atoms with Crippen LogP contribution in [-0.2, 0) is 32.7 Å². The summed E-state index contributed by atoms with van der Waals surface area (Å²) in [5, 5.41) is 0. The summed E-state index contributed by atoms with van der Waals surface area (Å²) in [4.78, 5) is 35.8. The van der Waals surface area contributed by atoms with E-state index < -0.39 is 26.5 Å². The summed E-state index contributed by atoms with van der Waals surface area (Å²) in [7, 11) is 1.46. The van der Waals surface area contributed by atoms with Gasteiger partial charge >= 0.3 is 19.8 Å². The highest BCUT2D eigenvalue weighted by Crippen LogP contribution is 2.43. The second-order valence-corrected chi connectivity index (χ2v) is 23.5. The van der Waals surface area contributed by atoms with Crippen LogP contribution in [0.3, 0.4) is 0 Å². The van der Waals surface area contributed by atoms with Crippen LogP contribution in [0.4, 0.5) is 0 Å². The van der Waals surface area contributed by atoms with Gasteiger partial charge in [-0.3, -0.25) is 18.6 Å². The van der Waals surface area contributed by atoms with Gasteiger partial charge in [-0.25, -0.2) is 4.57 Å². The molecule has 0 aliphatic heterocycles. The normalized spacial score (nSPS) is 14.0. The van der Waals surface area contributed by atoms with Crippen molar-refractivity contribution in [2.24, 2.45) is 0 Å². The van der Waals surface area contributed by atoms with E-state index in [1.807, 2.05) is 21.1 Å². The number of rotatable bonds is 57. The lowest BCUT2D eigenvalue weighted by Gasteiger charge is -2.24. The molecule has 0 saturated carbocycles. The van der Waals surface area contributed by atoms with Crippen LogP contribution in [0.5, 0.6) is 0 Å². The SMILES string of the molecule is CC/C=C\C/C=C\C/C=C\C/C=C\C/C=C\C/C=C\C/C=C\CCCCCCCCCCCC(=O)OC(COC(=O)CCCCCCCCCCCCC/C=C\C/C=C\CCCCCCC)COP(=O)(O)OCC[N+](C)(C)C. The Bertz CT molecular complexity index is 1680. The molecule has 10 heteroatoms. The first-order valence-corrected chi connectivity index (χ1v) is 33.1. The highest BCUT2D eigenvalue weighted by molar-refractivity contribution is 7.47. The fourth-order valence-corrected chi connectivity index (χ4v) is 9.18. The minimum atomic E-state index is -4.40. The predicted molar refractivity (Wildman–Crippen MR) is 335 cm³/mol. The molecular weight excluding hydrogens is 990 g/mol. The molecular formula is C68H119NO8P+. The summed E-state index contributed by atoms with van der Waals surface area (Å²) in [6.45, 7) is 4.31. The summed E-state index contributed by atoms with van der Waals surface area (Å²) in [5.74, 6) is -0.808. The Morgan fingerprint density at radius 3 is 1.09 bits per heavy atom. The van der Waals surface area contributed by atoms with E-state index in [2.05, 4.69) is 123 Å². The lowest BCUT2D eigenvalue weighted by molar-refractivity contribution is -0.870. The van der Waals surface area contributed by atoms with Gasteiger partial charge in [0.1, 0.15) is 19.8 Å². The molecule has 0 spiro atoms. The molecule has 448 valence electrons. The third kappa shape index (κ3) is 61.9. The highest BCUT2D eigenvalue weighted by Gasteiger charge is 2.27. The molecule has 1 N–H and O–H groups in total. The molecule has 0 saturated heterocycles. The van der Waals surface area contributed by atoms with Crippen LogP contribution in [0.1, 0.15) is 258 Å². The zero-order valence-corrected chi connectivity index (χ0v) is 51.8. The van der Waals surface area contributed by atoms with Gasteiger partial charge in [-0.15, -0.1) is 0 Å². The van der Waals surface area contributed by atoms with Crippen molar-refractivity contribution in [3.05, 3.63) is 109 Å². The van der Waals surface area contributed by atoms with Gasteiger partial charge < -0.3 is 18.9 Å². The first-order chi connectivity index (χ1) is 38.0. The summed E-state index contributed by atoms with van der Waals surface area (Å²) in [5.41, 5.74) is 0. The smallest absolute Gasteiger partial charge is 0.462 e. The van der Waals surface area contributed by atoms with E-state index in [9.17, 15) is 19.0 Å². The third-order valence-corrected chi connectivity index (χ3v) is 14.3. The van der Waals surface area contributed by atoms with Crippen molar-refractivity contribution in [2.45, 2.75) is 264 Å². The third-order valence-electron chi connectivity index (χ3n) is 13.3. The molecule has 9 nitrogen and oxygen atoms in total. The lowest BCUT2D eigenvalue weighted by Crippen LogP contribution is -2.37. The number of phosphoric acid groups is 1. The van der Waals surface area contributed by atoms with Crippen LogP contribution in [-0.4, -0.2) is 74.9 Å². The second-order valence-electron chi connectivity index (χ2n) is 22.1. The topological polar surface area (TPSA) is 108 Å². The van der Waals surface area contributed by atoms with E-state index in [0.717, 1.165) is 96.3 Å². The number of quaternary nitrogens is 1. The van der Waals surface area contributed by atoms with Gasteiger partial charge in [0.15, 0.2) is 6.10 Å². The number of hydrogen-bond donors (Lipinski definition) is 1. The largest absolute Gasteiger partial charge is 0.472 e. The maximum atomic E-state index is 12.8. The minimum absolute atomic E-state index is 0.0253. The van der Waals surface area contributed by atoms with Gasteiger partial charge in [-0.2, -0.15) is 0 Å². The number of phosphoric ester groups is 1. The van der Waals surface area contributed by atoms with Crippen molar-refractivity contribution in [3.63, 3.8) is 0 Å². The standard InChI is InChI=1S/C68H118NO8P/c1-6-8-10-12-14-16-18-20-22-24-26-28-30-31-32-33-34-35-36-37-39-41-43-45-47-49-51-53-55-57-59-61-68(71)77-66(65-76-78(72,73)75-63-62-69(3,4)5)64-74-67(70)60-58-56-54-52-50-48-46-44-42-40-38-29-27-25-23-21-19-17-15-13-11-9-7-2/h8,10,14,16,19-22,25-28,31-32,34-35,37,39,66H,6-7,9,11-13,15,17-18,23-24,29-30,33,36,38,40-65H2,1-5H3/p+1/b10-8-,16-14-,21-19-,22-20-,27-25-,28-26-,32-31-,35-34-,39-37-. The predicted octanol–water partition coefficient (Wildman–Crippen LogP) is 20.2. The number of ether oxygens (including phenoxy) is 2. The van der Waals surface area contributed by atoms with Crippen LogP contribution in [0.25, 0.3) is 0 Å². The van der Waals surface area contributed by atoms with Crippen molar-refractivity contribution in [1.29, 1.82) is 0 Å². The number of hydrogen-bond acceptors (Lipinski definition) is 7. The summed E-state index contributed by atoms with van der Waals surface area (Å²) in [6, 6.07) is 0. The maximum absolute atomic E-state index is 12.8. The second kappa shape index (κ2) is 58.3. The fraction of sp³-hybridized carbons (Fsp3) is 0.706. The van der Waals surface area contributed by atoms with E-state index in [-0.39, 0.29) is 32.0 Å². The Labute approximate surface area is 480 Å². The molecule has 2 unspecified atom stereocenters. The number of carbonyl (C=O) groups is 2. The number of likely N-dealkylation sites (N-methyl/N-ethyl adjacent to an activating group) is 1. The molecule has 0 radical (unpaired) electrons. The van der Waals surface area contributed by atoms with Gasteiger partial charge in [0.05, 0.1) is 27.7 Å². The minimum Gasteiger partial charge on any atom is -0.462 e. The average molecular weight is 1110 g/mol. The zero-order chi connectivity index (χ0) is 57.0. The molecule has 0 aromatic carbocycles. The maximum Gasteiger partial charge on any atom is 0.472 e. The van der Waals surface area contributed by atoms with E-state index in [0.29, 0.717) is 17.4 Å². The van der Waals surface area contributed by atoms with Crippen molar-refractivity contribution < 1.29 is 42.1 Å². The van der Waals surface area contributed by atoms with E-state index >= 15 is 0 Å². The lowest BCUT2D eigenvalue weighted by atomic mass is 10.0. The van der Waals surface area contributed by atoms with Crippen LogP contribution in [0.15, 0.2) is 109 Å². The zero-order valence-electron chi connectivity index (χ0n) is 50.9.